The number of hydrogen-bond donors (Lipinski definition) is 0. The Morgan fingerprint density at radius 2 is 1.23 bits per heavy atom. The largest absolute Gasteiger partial charge is 0.0599 e. The summed E-state index contributed by atoms with van der Waals surface area (Å²) in [6.45, 7) is 4.94. The minimum atomic E-state index is 0.666. The molecule has 2 rings (SSSR count). The minimum absolute atomic E-state index is 0.666. The molecule has 0 aromatic heterocycles. The van der Waals surface area contributed by atoms with Gasteiger partial charge in [-0.05, 0) is 30.1 Å². The van der Waals surface area contributed by atoms with Crippen molar-refractivity contribution < 1.29 is 0 Å². The van der Waals surface area contributed by atoms with Crippen molar-refractivity contribution in [3.8, 4) is 0 Å². The van der Waals surface area contributed by atoms with Crippen molar-refractivity contribution in [2.75, 3.05) is 0 Å². The Bertz CT molecular complexity index is 151. The van der Waals surface area contributed by atoms with Crippen LogP contribution in [-0.2, 0) is 0 Å². The van der Waals surface area contributed by atoms with Gasteiger partial charge in [0.2, 0.25) is 0 Å². The van der Waals surface area contributed by atoms with Crippen LogP contribution in [-0.4, -0.2) is 0 Å². The average Bonchev–Trinajstić information content (AvgIpc) is 2.27. The Labute approximate surface area is 83.1 Å². The third-order valence-corrected chi connectivity index (χ3v) is 4.20. The highest BCUT2D eigenvalue weighted by Crippen LogP contribution is 2.49. The lowest BCUT2D eigenvalue weighted by Gasteiger charge is -2.21. The maximum absolute atomic E-state index is 2.47. The fourth-order valence-corrected chi connectivity index (χ4v) is 3.68. The quantitative estimate of drug-likeness (QED) is 0.518. The molecular formula is C13H24. The molecule has 0 amide bonds. The van der Waals surface area contributed by atoms with Crippen molar-refractivity contribution in [1.82, 2.24) is 0 Å². The number of fused-ring (bicyclic) bond motifs is 1. The van der Waals surface area contributed by atoms with Gasteiger partial charge in [0.05, 0.1) is 0 Å². The molecule has 0 aromatic rings. The highest BCUT2D eigenvalue weighted by Gasteiger charge is 2.38. The van der Waals surface area contributed by atoms with Gasteiger partial charge in [0.1, 0.15) is 0 Å². The van der Waals surface area contributed by atoms with E-state index in [-0.39, 0.29) is 0 Å². The highest BCUT2D eigenvalue weighted by molar-refractivity contribution is 4.89. The molecule has 2 saturated carbocycles. The molecular weight excluding hydrogens is 156 g/mol. The fourth-order valence-electron chi connectivity index (χ4n) is 3.68. The molecule has 13 heavy (non-hydrogen) atoms. The third-order valence-electron chi connectivity index (χ3n) is 4.20. The summed E-state index contributed by atoms with van der Waals surface area (Å²) >= 11 is 0. The third kappa shape index (κ3) is 2.27. The summed E-state index contributed by atoms with van der Waals surface area (Å²) in [7, 11) is 0. The zero-order valence-corrected chi connectivity index (χ0v) is 9.31. The smallest absolute Gasteiger partial charge is 0.0349 e. The van der Waals surface area contributed by atoms with E-state index in [0.29, 0.717) is 5.41 Å². The first kappa shape index (κ1) is 9.55. The fraction of sp³-hybridized carbons (Fsp3) is 1.00. The van der Waals surface area contributed by atoms with E-state index in [2.05, 4.69) is 13.8 Å². The van der Waals surface area contributed by atoms with Gasteiger partial charge >= 0.3 is 0 Å². The number of hydrogen-bond acceptors (Lipinski definition) is 0. The van der Waals surface area contributed by atoms with Crippen LogP contribution in [0.25, 0.3) is 0 Å². The standard InChI is InChI=1S/C13H24/c1-13(2)9-11-7-5-3-4-6-8-12(11)10-13/h11-12H,3-10H2,1-2H3. The molecule has 0 aliphatic heterocycles. The van der Waals surface area contributed by atoms with Crippen molar-refractivity contribution in [2.45, 2.75) is 65.2 Å². The lowest BCUT2D eigenvalue weighted by atomic mass is 9.84. The zero-order valence-electron chi connectivity index (χ0n) is 9.31. The first-order chi connectivity index (χ1) is 6.17. The molecule has 0 radical (unpaired) electrons. The van der Waals surface area contributed by atoms with Crippen LogP contribution in [0, 0.1) is 17.3 Å². The summed E-state index contributed by atoms with van der Waals surface area (Å²) in [6.07, 6.45) is 12.1. The van der Waals surface area contributed by atoms with Crippen molar-refractivity contribution in [3.05, 3.63) is 0 Å². The van der Waals surface area contributed by atoms with E-state index in [9.17, 15) is 0 Å². The van der Waals surface area contributed by atoms with Gasteiger partial charge in [0.15, 0.2) is 0 Å². The molecule has 2 fully saturated rings. The zero-order chi connectivity index (χ0) is 9.31. The molecule has 0 nitrogen and oxygen atoms in total. The average molecular weight is 180 g/mol. The van der Waals surface area contributed by atoms with Crippen molar-refractivity contribution in [1.29, 1.82) is 0 Å². The summed E-state index contributed by atoms with van der Waals surface area (Å²) in [6, 6.07) is 0. The predicted octanol–water partition coefficient (Wildman–Crippen LogP) is 4.39. The van der Waals surface area contributed by atoms with Crippen LogP contribution >= 0.6 is 0 Å². The normalized spacial score (nSPS) is 39.2. The molecule has 0 N–H and O–H groups in total. The van der Waals surface area contributed by atoms with Crippen LogP contribution < -0.4 is 0 Å². The topological polar surface area (TPSA) is 0 Å². The van der Waals surface area contributed by atoms with Gasteiger partial charge in [-0.1, -0.05) is 52.4 Å². The summed E-state index contributed by atoms with van der Waals surface area (Å²) < 4.78 is 0. The monoisotopic (exact) mass is 180 g/mol. The van der Waals surface area contributed by atoms with E-state index in [1.54, 1.807) is 0 Å². The van der Waals surface area contributed by atoms with Crippen LogP contribution in [0.5, 0.6) is 0 Å². The molecule has 0 bridgehead atoms. The van der Waals surface area contributed by atoms with Gasteiger partial charge in [-0.15, -0.1) is 0 Å². The van der Waals surface area contributed by atoms with Gasteiger partial charge in [0.25, 0.3) is 0 Å². The first-order valence-corrected chi connectivity index (χ1v) is 6.17. The maximum atomic E-state index is 2.47. The second-order valence-corrected chi connectivity index (χ2v) is 6.08. The predicted molar refractivity (Wildman–Crippen MR) is 57.7 cm³/mol. The SMILES string of the molecule is CC1(C)CC2CCCCCCC2C1. The van der Waals surface area contributed by atoms with Crippen LogP contribution in [0.2, 0.25) is 0 Å². The molecule has 2 aliphatic rings. The second-order valence-electron chi connectivity index (χ2n) is 6.08. The van der Waals surface area contributed by atoms with Gasteiger partial charge in [-0.25, -0.2) is 0 Å². The molecule has 0 heterocycles. The Morgan fingerprint density at radius 1 is 0.769 bits per heavy atom. The Hall–Kier alpha value is 0. The van der Waals surface area contributed by atoms with Crippen molar-refractivity contribution >= 4 is 0 Å². The van der Waals surface area contributed by atoms with Gasteiger partial charge < -0.3 is 0 Å². The van der Waals surface area contributed by atoms with Gasteiger partial charge in [-0.2, -0.15) is 0 Å². The maximum Gasteiger partial charge on any atom is -0.0349 e. The molecule has 0 spiro atoms. The van der Waals surface area contributed by atoms with Crippen LogP contribution in [0.4, 0.5) is 0 Å². The van der Waals surface area contributed by atoms with Gasteiger partial charge in [0, 0.05) is 0 Å². The van der Waals surface area contributed by atoms with E-state index >= 15 is 0 Å². The van der Waals surface area contributed by atoms with Crippen LogP contribution in [0.1, 0.15) is 65.2 Å². The Balaban J connectivity index is 1.98. The second kappa shape index (κ2) is 3.63. The van der Waals surface area contributed by atoms with E-state index < -0.39 is 0 Å². The summed E-state index contributed by atoms with van der Waals surface area (Å²) in [5.41, 5.74) is 0.666. The molecule has 2 unspecified atom stereocenters. The Morgan fingerprint density at radius 3 is 1.69 bits per heavy atom. The molecule has 2 atom stereocenters. The molecule has 0 saturated heterocycles. The van der Waals surface area contributed by atoms with Gasteiger partial charge in [-0.3, -0.25) is 0 Å². The van der Waals surface area contributed by atoms with E-state index in [4.69, 9.17) is 0 Å². The summed E-state index contributed by atoms with van der Waals surface area (Å²) in [4.78, 5) is 0. The van der Waals surface area contributed by atoms with Crippen LogP contribution in [0.3, 0.4) is 0 Å². The lowest BCUT2D eigenvalue weighted by Crippen LogP contribution is -2.09. The molecule has 0 heteroatoms. The molecule has 2 aliphatic carbocycles. The summed E-state index contributed by atoms with van der Waals surface area (Å²) in [5.74, 6) is 2.19. The summed E-state index contributed by atoms with van der Waals surface area (Å²) in [5, 5.41) is 0. The van der Waals surface area contributed by atoms with E-state index in [0.717, 1.165) is 11.8 Å². The highest BCUT2D eigenvalue weighted by atomic mass is 14.4. The first-order valence-electron chi connectivity index (χ1n) is 6.17. The van der Waals surface area contributed by atoms with Crippen molar-refractivity contribution in [3.63, 3.8) is 0 Å². The van der Waals surface area contributed by atoms with Crippen molar-refractivity contribution in [2.24, 2.45) is 17.3 Å². The van der Waals surface area contributed by atoms with E-state index in [1.807, 2.05) is 0 Å². The minimum Gasteiger partial charge on any atom is -0.0599 e. The number of rotatable bonds is 0. The van der Waals surface area contributed by atoms with E-state index in [1.165, 1.54) is 51.4 Å². The molecule has 76 valence electrons. The molecule has 0 aromatic carbocycles. The lowest BCUT2D eigenvalue weighted by molar-refractivity contribution is 0.301. The van der Waals surface area contributed by atoms with Crippen LogP contribution in [0.15, 0.2) is 0 Å². The Kier molecular flexibility index (Phi) is 2.67.